The van der Waals surface area contributed by atoms with Crippen LogP contribution in [0.2, 0.25) is 0 Å². The summed E-state index contributed by atoms with van der Waals surface area (Å²) in [4.78, 5) is 83.8. The van der Waals surface area contributed by atoms with E-state index in [4.69, 9.17) is 28.4 Å². The molecule has 3 aliphatic heterocycles. The fourth-order valence-electron chi connectivity index (χ4n) is 7.83. The van der Waals surface area contributed by atoms with E-state index in [2.05, 4.69) is 43.8 Å². The van der Waals surface area contributed by atoms with Crippen LogP contribution in [0.15, 0.2) is 42.5 Å². The number of piperazine rings is 1. The van der Waals surface area contributed by atoms with E-state index in [9.17, 15) is 33.2 Å². The maximum absolute atomic E-state index is 14.8. The number of nitrogens with one attached hydrogen (secondary N) is 6. The van der Waals surface area contributed by atoms with Crippen LogP contribution in [-0.4, -0.2) is 217 Å². The number of likely N-dealkylation sites (N-methyl/N-ethyl adjacent to an activating group) is 3. The lowest BCUT2D eigenvalue weighted by Gasteiger charge is -2.33. The number of ether oxygens (including phenoxy) is 6. The fourth-order valence-corrected chi connectivity index (χ4v) is 10.3. The number of benzene rings is 2. The van der Waals surface area contributed by atoms with Gasteiger partial charge >= 0.3 is 12.1 Å². The summed E-state index contributed by atoms with van der Waals surface area (Å²) < 4.78 is 47.9. The normalized spacial score (nSPS) is 19.5. The van der Waals surface area contributed by atoms with E-state index in [1.807, 2.05) is 11.8 Å². The number of halogens is 1. The predicted octanol–water partition coefficient (Wildman–Crippen LogP) is 2.50. The average Bonchev–Trinajstić information content (AvgIpc) is 3.83. The Labute approximate surface area is 448 Å². The van der Waals surface area contributed by atoms with E-state index < -0.39 is 17.1 Å². The molecule has 4 unspecified atom stereocenters. The topological polar surface area (TPSA) is 243 Å². The molecule has 3 saturated heterocycles. The van der Waals surface area contributed by atoms with E-state index >= 15 is 0 Å². The highest BCUT2D eigenvalue weighted by atomic mass is 32.2. The molecule has 418 valence electrons. The highest BCUT2D eigenvalue weighted by Gasteiger charge is 2.33. The first-order valence-electron chi connectivity index (χ1n) is 25.3. The van der Waals surface area contributed by atoms with Crippen LogP contribution in [0.5, 0.6) is 11.5 Å². The van der Waals surface area contributed by atoms with Gasteiger partial charge in [-0.25, -0.2) is 14.0 Å². The molecule has 0 saturated carbocycles. The van der Waals surface area contributed by atoms with E-state index in [1.54, 1.807) is 74.1 Å². The van der Waals surface area contributed by atoms with Gasteiger partial charge in [-0.1, -0.05) is 13.0 Å². The first-order chi connectivity index (χ1) is 36.1. The number of urea groups is 2. The third-order valence-corrected chi connectivity index (χ3v) is 15.4. The zero-order chi connectivity index (χ0) is 54.1. The molecule has 6 N–H and O–H groups in total. The van der Waals surface area contributed by atoms with Gasteiger partial charge in [0.25, 0.3) is 0 Å². The van der Waals surface area contributed by atoms with Gasteiger partial charge in [-0.05, 0) is 50.7 Å². The first kappa shape index (κ1) is 60.7. The van der Waals surface area contributed by atoms with Crippen molar-refractivity contribution in [3.05, 3.63) is 53.8 Å². The Balaban J connectivity index is 0.840. The number of methoxy groups -OCH3 is 1. The van der Waals surface area contributed by atoms with Gasteiger partial charge in [0.2, 0.25) is 23.6 Å². The van der Waals surface area contributed by atoms with Gasteiger partial charge in [-0.15, -0.1) is 23.5 Å². The molecule has 0 aromatic heterocycles. The van der Waals surface area contributed by atoms with Crippen LogP contribution in [0, 0.1) is 11.7 Å². The third kappa shape index (κ3) is 21.8. The molecule has 22 nitrogen and oxygen atoms in total. The maximum atomic E-state index is 14.8. The van der Waals surface area contributed by atoms with Gasteiger partial charge < -0.3 is 74.6 Å². The molecule has 75 heavy (non-hydrogen) atoms. The van der Waals surface area contributed by atoms with Gasteiger partial charge in [-0.2, -0.15) is 0 Å². The van der Waals surface area contributed by atoms with Gasteiger partial charge in [0.1, 0.15) is 36.0 Å². The Bertz CT molecular complexity index is 2130. The molecule has 0 aliphatic carbocycles. The molecule has 0 spiro atoms. The van der Waals surface area contributed by atoms with E-state index in [0.29, 0.717) is 75.2 Å². The number of anilines is 1. The molecule has 5 rings (SSSR count). The smallest absolute Gasteiger partial charge is 0.321 e. The van der Waals surface area contributed by atoms with Crippen molar-refractivity contribution in [3.63, 3.8) is 0 Å². The summed E-state index contributed by atoms with van der Waals surface area (Å²) in [5.74, 6) is 0.575. The Kier molecular flexibility index (Phi) is 26.3. The number of rotatable bonds is 31. The zero-order valence-corrected chi connectivity index (χ0v) is 45.7. The highest BCUT2D eigenvalue weighted by Crippen LogP contribution is 2.29. The largest absolute Gasteiger partial charge is 0.497 e. The monoisotopic (exact) mass is 1090 g/mol. The van der Waals surface area contributed by atoms with E-state index in [0.717, 1.165) is 31.9 Å². The number of thioether (sulfide) groups is 2. The number of carbonyl (C=O) groups is 6. The molecule has 25 heteroatoms. The fraction of sp³-hybridized carbons (Fsp3) is 0.640. The number of carbonyl (C=O) groups excluding carboxylic acids is 6. The molecule has 2 aromatic rings. The van der Waals surface area contributed by atoms with Gasteiger partial charge in [0, 0.05) is 101 Å². The summed E-state index contributed by atoms with van der Waals surface area (Å²) in [6, 6.07) is 10.0. The summed E-state index contributed by atoms with van der Waals surface area (Å²) in [6.45, 7) is 10.2. The van der Waals surface area contributed by atoms with Gasteiger partial charge in [0.05, 0.1) is 76.6 Å². The lowest BCUT2D eigenvalue weighted by molar-refractivity contribution is -0.136. The van der Waals surface area contributed by atoms with Gasteiger partial charge in [-0.3, -0.25) is 24.5 Å². The lowest BCUT2D eigenvalue weighted by atomic mass is 10.1. The minimum Gasteiger partial charge on any atom is -0.497 e. The minimum atomic E-state index is -0.698. The molecule has 0 radical (unpaired) electrons. The number of hydrogen-bond acceptors (Lipinski definition) is 16. The zero-order valence-electron chi connectivity index (χ0n) is 44.0. The van der Waals surface area contributed by atoms with Crippen LogP contribution < -0.4 is 41.4 Å². The van der Waals surface area contributed by atoms with Crippen LogP contribution >= 0.6 is 23.5 Å². The Morgan fingerprint density at radius 2 is 1.51 bits per heavy atom. The van der Waals surface area contributed by atoms with Crippen molar-refractivity contribution >= 4 is 64.9 Å². The summed E-state index contributed by atoms with van der Waals surface area (Å²) in [6.07, 6.45) is 0.679. The van der Waals surface area contributed by atoms with Gasteiger partial charge in [0.15, 0.2) is 0 Å². The minimum absolute atomic E-state index is 0.00327. The third-order valence-electron chi connectivity index (χ3n) is 12.6. The average molecular weight is 1090 g/mol. The van der Waals surface area contributed by atoms with Crippen molar-refractivity contribution in [1.29, 1.82) is 0 Å². The predicted molar refractivity (Wildman–Crippen MR) is 284 cm³/mol. The van der Waals surface area contributed by atoms with E-state index in [1.165, 1.54) is 29.8 Å². The highest BCUT2D eigenvalue weighted by molar-refractivity contribution is 8.01. The Morgan fingerprint density at radius 3 is 2.19 bits per heavy atom. The lowest BCUT2D eigenvalue weighted by Crippen LogP contribution is -2.53. The summed E-state index contributed by atoms with van der Waals surface area (Å²) >= 11 is 2.84. The summed E-state index contributed by atoms with van der Waals surface area (Å²) in [7, 11) is 6.83. The SMILES string of the molecule is COc1ccc([C@@H](C)NC(=O)[C@H](CCC(=O)N(C)CCOCCOCCOCCOCC(=O)N(C)CCOc2ccc(NC(=O)NC3NC(CC(=O)N4CCN(C)CC4)CS3)cc2)SC2NC(=O)NCC2C)c(F)c1. The molecule has 2 aromatic carbocycles. The maximum Gasteiger partial charge on any atom is 0.321 e. The van der Waals surface area contributed by atoms with Crippen LogP contribution in [0.1, 0.15) is 44.7 Å². The molecule has 3 aliphatic rings. The summed E-state index contributed by atoms with van der Waals surface area (Å²) in [5, 5.41) is 16.5. The molecular formula is C50H77FN10O12S2. The quantitative estimate of drug-likeness (QED) is 0.0595. The Morgan fingerprint density at radius 1 is 0.867 bits per heavy atom. The van der Waals surface area contributed by atoms with Crippen molar-refractivity contribution in [1.82, 2.24) is 46.2 Å². The Hall–Kier alpha value is -5.15. The second kappa shape index (κ2) is 32.4. The molecule has 3 fully saturated rings. The van der Waals surface area contributed by atoms with Crippen molar-refractivity contribution in [2.45, 2.75) is 61.3 Å². The van der Waals surface area contributed by atoms with Crippen molar-refractivity contribution in [3.8, 4) is 11.5 Å². The van der Waals surface area contributed by atoms with Crippen molar-refractivity contribution in [2.75, 3.05) is 145 Å². The standard InChI is InChI=1S/C50H77FN10O12S2/c1-34-31-52-48(66)56-47(34)75-42(46(65)53-35(2)40-12-11-39(68-6)30-41(40)51)13-14-43(62)59(4)19-21-69-23-24-70-25-26-71-27-28-72-32-45(64)60(5)20-22-73-38-9-7-36(8-10-38)54-49(67)57-50-55-37(33-74-50)29-44(63)61-17-15-58(3)16-18-61/h7-12,30,34-35,37,42,47,50,55H,13-29,31-33H2,1-6H3,(H,53,65)(H2,52,56,66)(H2,54,57,67)/t34?,35-,37?,42+,47?,50?/m1/s1. The second-order valence-corrected chi connectivity index (χ2v) is 21.0. The van der Waals surface area contributed by atoms with Crippen molar-refractivity contribution < 1.29 is 61.6 Å². The molecule has 8 amide bonds. The van der Waals surface area contributed by atoms with E-state index in [-0.39, 0.29) is 104 Å². The molecule has 0 bridgehead atoms. The van der Waals surface area contributed by atoms with Crippen molar-refractivity contribution in [2.24, 2.45) is 5.92 Å². The molecular weight excluding hydrogens is 1020 g/mol. The van der Waals surface area contributed by atoms with Crippen LogP contribution in [0.4, 0.5) is 19.7 Å². The number of hydrogen-bond donors (Lipinski definition) is 6. The van der Waals surface area contributed by atoms with Crippen LogP contribution in [0.25, 0.3) is 0 Å². The van der Waals surface area contributed by atoms with Crippen LogP contribution in [-0.2, 0) is 38.1 Å². The molecule has 3 heterocycles. The summed E-state index contributed by atoms with van der Waals surface area (Å²) in [5.41, 5.74) is 0.584. The first-order valence-corrected chi connectivity index (χ1v) is 27.3. The number of amides is 8. The number of nitrogens with zero attached hydrogens (tertiary/aromatic N) is 4. The van der Waals surface area contributed by atoms with Crippen LogP contribution in [0.3, 0.4) is 0 Å². The molecule has 6 atom stereocenters. The second-order valence-electron chi connectivity index (χ2n) is 18.5.